The van der Waals surface area contributed by atoms with E-state index in [0.29, 0.717) is 11.1 Å². The summed E-state index contributed by atoms with van der Waals surface area (Å²) < 4.78 is 5.80. The molecule has 0 aliphatic carbocycles. The van der Waals surface area contributed by atoms with Crippen LogP contribution < -0.4 is 5.73 Å². The van der Waals surface area contributed by atoms with Crippen LogP contribution in [-0.4, -0.2) is 41.2 Å². The number of nitrogens with two attached hydrogens (primary N) is 1. The second-order valence-corrected chi connectivity index (χ2v) is 5.16. The van der Waals surface area contributed by atoms with Crippen molar-refractivity contribution in [2.24, 2.45) is 5.73 Å². The van der Waals surface area contributed by atoms with Crippen LogP contribution in [0.2, 0.25) is 0 Å². The van der Waals surface area contributed by atoms with Gasteiger partial charge in [0.15, 0.2) is 0 Å². The van der Waals surface area contributed by atoms with Crippen LogP contribution >= 0.6 is 12.2 Å². The van der Waals surface area contributed by atoms with Crippen molar-refractivity contribution in [2.75, 3.05) is 19.6 Å². The van der Waals surface area contributed by atoms with Gasteiger partial charge in [-0.3, -0.25) is 4.90 Å². The fourth-order valence-electron chi connectivity index (χ4n) is 2.02. The van der Waals surface area contributed by atoms with Crippen LogP contribution in [0.3, 0.4) is 0 Å². The molecule has 0 bridgehead atoms. The maximum atomic E-state index is 5.80. The van der Waals surface area contributed by atoms with Crippen molar-refractivity contribution in [3.8, 4) is 0 Å². The summed E-state index contributed by atoms with van der Waals surface area (Å²) in [7, 11) is 0. The first-order valence-corrected chi connectivity index (χ1v) is 5.48. The van der Waals surface area contributed by atoms with Gasteiger partial charge in [0.25, 0.3) is 0 Å². The van der Waals surface area contributed by atoms with Crippen LogP contribution in [0.15, 0.2) is 0 Å². The van der Waals surface area contributed by atoms with E-state index in [1.165, 1.54) is 0 Å². The fraction of sp³-hybridized carbons (Fsp3) is 0.900. The van der Waals surface area contributed by atoms with Gasteiger partial charge in [0, 0.05) is 26.1 Å². The fourth-order valence-corrected chi connectivity index (χ4v) is 2.12. The lowest BCUT2D eigenvalue weighted by Gasteiger charge is -2.41. The maximum Gasteiger partial charge on any atom is 0.0757 e. The van der Waals surface area contributed by atoms with Gasteiger partial charge in [-0.15, -0.1) is 0 Å². The predicted molar refractivity (Wildman–Crippen MR) is 62.5 cm³/mol. The molecule has 3 nitrogen and oxygen atoms in total. The van der Waals surface area contributed by atoms with Gasteiger partial charge in [-0.25, -0.2) is 0 Å². The van der Waals surface area contributed by atoms with E-state index >= 15 is 0 Å². The summed E-state index contributed by atoms with van der Waals surface area (Å²) >= 11 is 4.87. The Morgan fingerprint density at radius 3 is 2.79 bits per heavy atom. The molecule has 1 aliphatic heterocycles. The van der Waals surface area contributed by atoms with E-state index in [1.54, 1.807) is 0 Å². The SMILES string of the molecule is CC1CN(CCC(N)=S)CC(C)(C)O1. The number of ether oxygens (including phenoxy) is 1. The number of hydrogen-bond donors (Lipinski definition) is 1. The van der Waals surface area contributed by atoms with Crippen LogP contribution in [0.4, 0.5) is 0 Å². The van der Waals surface area contributed by atoms with Crippen LogP contribution in [0.5, 0.6) is 0 Å². The molecule has 1 aliphatic rings. The molecular formula is C10H20N2OS. The average Bonchev–Trinajstić information content (AvgIpc) is 1.96. The Kier molecular flexibility index (Phi) is 3.86. The molecule has 0 aromatic rings. The quantitative estimate of drug-likeness (QED) is 0.719. The summed E-state index contributed by atoms with van der Waals surface area (Å²) in [5.74, 6) is 0. The molecule has 0 aromatic carbocycles. The molecule has 1 heterocycles. The first-order valence-electron chi connectivity index (χ1n) is 5.07. The van der Waals surface area contributed by atoms with Crippen molar-refractivity contribution < 1.29 is 4.74 Å². The average molecular weight is 216 g/mol. The highest BCUT2D eigenvalue weighted by Crippen LogP contribution is 2.20. The van der Waals surface area contributed by atoms with Crippen molar-refractivity contribution in [3.05, 3.63) is 0 Å². The third-order valence-electron chi connectivity index (χ3n) is 2.31. The molecule has 2 N–H and O–H groups in total. The Balaban J connectivity index is 2.42. The molecule has 0 saturated carbocycles. The molecular weight excluding hydrogens is 196 g/mol. The van der Waals surface area contributed by atoms with E-state index in [1.807, 2.05) is 0 Å². The van der Waals surface area contributed by atoms with Crippen molar-refractivity contribution in [1.29, 1.82) is 0 Å². The van der Waals surface area contributed by atoms with Gasteiger partial charge in [0.2, 0.25) is 0 Å². The lowest BCUT2D eigenvalue weighted by atomic mass is 10.1. The highest BCUT2D eigenvalue weighted by molar-refractivity contribution is 7.80. The lowest BCUT2D eigenvalue weighted by molar-refractivity contribution is -0.128. The number of morpholine rings is 1. The number of thiocarbonyl (C=S) groups is 1. The van der Waals surface area contributed by atoms with Crippen molar-refractivity contribution in [1.82, 2.24) is 4.90 Å². The summed E-state index contributed by atoms with van der Waals surface area (Å²) in [6.45, 7) is 9.24. The van der Waals surface area contributed by atoms with Crippen LogP contribution in [0.1, 0.15) is 27.2 Å². The Morgan fingerprint density at radius 1 is 1.64 bits per heavy atom. The smallest absolute Gasteiger partial charge is 0.0757 e. The van der Waals surface area contributed by atoms with Crippen LogP contribution in [0, 0.1) is 0 Å². The van der Waals surface area contributed by atoms with Crippen molar-refractivity contribution >= 4 is 17.2 Å². The highest BCUT2D eigenvalue weighted by Gasteiger charge is 2.30. The molecule has 0 radical (unpaired) electrons. The molecule has 0 aromatic heterocycles. The zero-order valence-electron chi connectivity index (χ0n) is 9.25. The maximum absolute atomic E-state index is 5.80. The molecule has 0 amide bonds. The number of rotatable bonds is 3. The Hall–Kier alpha value is -0.190. The zero-order valence-corrected chi connectivity index (χ0v) is 10.1. The predicted octanol–water partition coefficient (Wildman–Crippen LogP) is 1.16. The third-order valence-corrected chi connectivity index (χ3v) is 2.52. The second-order valence-electron chi connectivity index (χ2n) is 4.64. The van der Waals surface area contributed by atoms with Gasteiger partial charge in [0.1, 0.15) is 0 Å². The molecule has 14 heavy (non-hydrogen) atoms. The molecule has 1 saturated heterocycles. The topological polar surface area (TPSA) is 38.5 Å². The van der Waals surface area contributed by atoms with E-state index in [-0.39, 0.29) is 5.60 Å². The minimum atomic E-state index is -0.0477. The molecule has 1 atom stereocenters. The van der Waals surface area contributed by atoms with Crippen molar-refractivity contribution in [3.63, 3.8) is 0 Å². The van der Waals surface area contributed by atoms with E-state index < -0.39 is 0 Å². The van der Waals surface area contributed by atoms with Gasteiger partial charge >= 0.3 is 0 Å². The minimum absolute atomic E-state index is 0.0477. The van der Waals surface area contributed by atoms with E-state index in [9.17, 15) is 0 Å². The largest absolute Gasteiger partial charge is 0.393 e. The van der Waals surface area contributed by atoms with Crippen LogP contribution in [-0.2, 0) is 4.74 Å². The van der Waals surface area contributed by atoms with Crippen molar-refractivity contribution in [2.45, 2.75) is 38.9 Å². The Labute approximate surface area is 91.6 Å². The number of nitrogens with zero attached hydrogens (tertiary/aromatic N) is 1. The monoisotopic (exact) mass is 216 g/mol. The summed E-state index contributed by atoms with van der Waals surface area (Å²) in [5.41, 5.74) is 5.44. The van der Waals surface area contributed by atoms with Gasteiger partial charge < -0.3 is 10.5 Å². The summed E-state index contributed by atoms with van der Waals surface area (Å²) in [6.07, 6.45) is 1.10. The molecule has 4 heteroatoms. The van der Waals surface area contributed by atoms with E-state index in [0.717, 1.165) is 26.1 Å². The van der Waals surface area contributed by atoms with Gasteiger partial charge in [-0.1, -0.05) is 12.2 Å². The second kappa shape index (κ2) is 4.55. The number of hydrogen-bond acceptors (Lipinski definition) is 3. The van der Waals surface area contributed by atoms with E-state index in [4.69, 9.17) is 22.7 Å². The molecule has 1 unspecified atom stereocenters. The normalized spacial score (nSPS) is 27.5. The van der Waals surface area contributed by atoms with Crippen LogP contribution in [0.25, 0.3) is 0 Å². The molecule has 1 rings (SSSR count). The first kappa shape index (κ1) is 11.9. The standard InChI is InChI=1S/C10H20N2OS/c1-8-6-12(5-4-9(11)14)7-10(2,3)13-8/h8H,4-7H2,1-3H3,(H2,11,14). The van der Waals surface area contributed by atoms with E-state index in [2.05, 4.69) is 25.7 Å². The Morgan fingerprint density at radius 2 is 2.29 bits per heavy atom. The molecule has 1 fully saturated rings. The molecule has 82 valence electrons. The van der Waals surface area contributed by atoms with Gasteiger partial charge in [-0.2, -0.15) is 0 Å². The lowest BCUT2D eigenvalue weighted by Crippen LogP contribution is -2.52. The van der Waals surface area contributed by atoms with Gasteiger partial charge in [-0.05, 0) is 20.8 Å². The zero-order chi connectivity index (χ0) is 10.8. The Bertz CT molecular complexity index is 218. The minimum Gasteiger partial charge on any atom is -0.393 e. The summed E-state index contributed by atoms with van der Waals surface area (Å²) in [5, 5.41) is 0. The summed E-state index contributed by atoms with van der Waals surface area (Å²) in [4.78, 5) is 2.97. The first-order chi connectivity index (χ1) is 6.39. The van der Waals surface area contributed by atoms with Gasteiger partial charge in [0.05, 0.1) is 16.7 Å². The third kappa shape index (κ3) is 3.90. The summed E-state index contributed by atoms with van der Waals surface area (Å²) in [6, 6.07) is 0. The molecule has 0 spiro atoms. The highest BCUT2D eigenvalue weighted by atomic mass is 32.1.